The van der Waals surface area contributed by atoms with Crippen LogP contribution in [0.4, 0.5) is 0 Å². The molecule has 1 nitrogen and oxygen atoms in total. The van der Waals surface area contributed by atoms with Crippen LogP contribution >= 0.6 is 50.1 Å². The quantitative estimate of drug-likeness (QED) is 0.471. The lowest BCUT2D eigenvalue weighted by atomic mass is 10.0. The molecule has 94 valence electrons. The van der Waals surface area contributed by atoms with Crippen LogP contribution in [0, 0.1) is 10.5 Å². The summed E-state index contributed by atoms with van der Waals surface area (Å²) in [7, 11) is 0. The highest BCUT2D eigenvalue weighted by Gasteiger charge is 2.14. The molecule has 2 aromatic rings. The van der Waals surface area contributed by atoms with E-state index in [4.69, 9.17) is 11.6 Å². The molecular formula is C14H12BrClIN. The van der Waals surface area contributed by atoms with Crippen LogP contribution in [0.15, 0.2) is 41.0 Å². The van der Waals surface area contributed by atoms with Crippen LogP contribution in [0.5, 0.6) is 0 Å². The first-order valence-electron chi connectivity index (χ1n) is 5.57. The van der Waals surface area contributed by atoms with Gasteiger partial charge in [-0.2, -0.15) is 0 Å². The van der Waals surface area contributed by atoms with Crippen LogP contribution in [0.1, 0.15) is 22.2 Å². The van der Waals surface area contributed by atoms with Gasteiger partial charge in [-0.25, -0.2) is 0 Å². The monoisotopic (exact) mass is 435 g/mol. The summed E-state index contributed by atoms with van der Waals surface area (Å²) in [6, 6.07) is 10.2. The van der Waals surface area contributed by atoms with E-state index in [9.17, 15) is 0 Å². The zero-order valence-electron chi connectivity index (χ0n) is 9.83. The Kier molecular flexibility index (Phi) is 5.04. The van der Waals surface area contributed by atoms with E-state index in [-0.39, 0.29) is 5.38 Å². The SMILES string of the molecule is Cc1cccnc1CC(Cl)c1cc(Br)ccc1I. The smallest absolute Gasteiger partial charge is 0.0651 e. The van der Waals surface area contributed by atoms with Crippen molar-refractivity contribution in [3.63, 3.8) is 0 Å². The van der Waals surface area contributed by atoms with Crippen LogP contribution in [0.3, 0.4) is 0 Å². The topological polar surface area (TPSA) is 12.9 Å². The molecule has 2 rings (SSSR count). The lowest BCUT2D eigenvalue weighted by Crippen LogP contribution is -2.02. The molecule has 0 spiro atoms. The van der Waals surface area contributed by atoms with Crippen molar-refractivity contribution in [2.24, 2.45) is 0 Å². The van der Waals surface area contributed by atoms with Crippen LogP contribution in [-0.2, 0) is 6.42 Å². The van der Waals surface area contributed by atoms with Crippen molar-refractivity contribution in [3.8, 4) is 0 Å². The van der Waals surface area contributed by atoms with Crippen molar-refractivity contribution in [2.75, 3.05) is 0 Å². The molecule has 18 heavy (non-hydrogen) atoms. The third kappa shape index (κ3) is 3.45. The van der Waals surface area contributed by atoms with Crippen LogP contribution < -0.4 is 0 Å². The molecule has 0 radical (unpaired) electrons. The Morgan fingerprint density at radius 3 is 2.89 bits per heavy atom. The van der Waals surface area contributed by atoms with Crippen LogP contribution in [0.2, 0.25) is 0 Å². The van der Waals surface area contributed by atoms with Crippen LogP contribution in [0.25, 0.3) is 0 Å². The third-order valence-electron chi connectivity index (χ3n) is 2.79. The number of benzene rings is 1. The van der Waals surface area contributed by atoms with E-state index in [1.54, 1.807) is 0 Å². The van der Waals surface area contributed by atoms with E-state index in [1.807, 2.05) is 18.3 Å². The second-order valence-electron chi connectivity index (χ2n) is 4.10. The maximum atomic E-state index is 6.52. The minimum absolute atomic E-state index is 0.0528. The van der Waals surface area contributed by atoms with Crippen LogP contribution in [-0.4, -0.2) is 4.98 Å². The highest BCUT2D eigenvalue weighted by Crippen LogP contribution is 2.31. The van der Waals surface area contributed by atoms with Crippen molar-refractivity contribution < 1.29 is 0 Å². The predicted octanol–water partition coefficient (Wildman–Crippen LogP) is 5.28. The van der Waals surface area contributed by atoms with Gasteiger partial charge in [-0.05, 0) is 64.9 Å². The van der Waals surface area contributed by atoms with E-state index >= 15 is 0 Å². The second-order valence-corrected chi connectivity index (χ2v) is 6.71. The number of rotatable bonds is 3. The van der Waals surface area contributed by atoms with Gasteiger partial charge in [-0.3, -0.25) is 4.98 Å². The zero-order valence-corrected chi connectivity index (χ0v) is 14.3. The van der Waals surface area contributed by atoms with Crippen molar-refractivity contribution in [1.82, 2.24) is 4.98 Å². The molecule has 1 atom stereocenters. The summed E-state index contributed by atoms with van der Waals surface area (Å²) in [5.41, 5.74) is 3.40. The van der Waals surface area contributed by atoms with E-state index in [1.165, 1.54) is 9.13 Å². The minimum Gasteiger partial charge on any atom is -0.261 e. The Bertz CT molecular complexity index is 559. The van der Waals surface area contributed by atoms with Gasteiger partial charge < -0.3 is 0 Å². The molecule has 0 amide bonds. The second kappa shape index (κ2) is 6.35. The number of halogens is 3. The van der Waals surface area contributed by atoms with E-state index < -0.39 is 0 Å². The summed E-state index contributed by atoms with van der Waals surface area (Å²) >= 11 is 12.3. The van der Waals surface area contributed by atoms with E-state index in [0.717, 1.165) is 22.2 Å². The molecule has 1 aromatic heterocycles. The molecule has 0 N–H and O–H groups in total. The maximum absolute atomic E-state index is 6.52. The Balaban J connectivity index is 2.25. The van der Waals surface area contributed by atoms with E-state index in [2.05, 4.69) is 68.6 Å². The maximum Gasteiger partial charge on any atom is 0.0651 e. The highest BCUT2D eigenvalue weighted by molar-refractivity contribution is 14.1. The number of aryl methyl sites for hydroxylation is 1. The molecule has 0 aliphatic rings. The largest absolute Gasteiger partial charge is 0.261 e. The van der Waals surface area contributed by atoms with Gasteiger partial charge in [0.15, 0.2) is 0 Å². The first kappa shape index (κ1) is 14.3. The van der Waals surface area contributed by atoms with Crippen molar-refractivity contribution in [1.29, 1.82) is 0 Å². The fraction of sp³-hybridized carbons (Fsp3) is 0.214. The average Bonchev–Trinajstić information content (AvgIpc) is 2.35. The van der Waals surface area contributed by atoms with Crippen molar-refractivity contribution in [2.45, 2.75) is 18.7 Å². The number of alkyl halides is 1. The number of hydrogen-bond donors (Lipinski definition) is 0. The molecule has 0 saturated heterocycles. The number of nitrogens with zero attached hydrogens (tertiary/aromatic N) is 1. The Morgan fingerprint density at radius 2 is 2.17 bits per heavy atom. The number of pyridine rings is 1. The summed E-state index contributed by atoms with van der Waals surface area (Å²) in [4.78, 5) is 4.40. The van der Waals surface area contributed by atoms with Gasteiger partial charge in [0.2, 0.25) is 0 Å². The minimum atomic E-state index is -0.0528. The number of aromatic nitrogens is 1. The standard InChI is InChI=1S/C14H12BrClIN/c1-9-3-2-6-18-14(9)8-12(16)11-7-10(15)4-5-13(11)17/h2-7,12H,8H2,1H3. The van der Waals surface area contributed by atoms with Gasteiger partial charge in [0, 0.05) is 26.4 Å². The van der Waals surface area contributed by atoms with E-state index in [0.29, 0.717) is 0 Å². The molecule has 1 aromatic carbocycles. The van der Waals surface area contributed by atoms with Crippen molar-refractivity contribution in [3.05, 3.63) is 61.4 Å². The summed E-state index contributed by atoms with van der Waals surface area (Å²) < 4.78 is 2.24. The third-order valence-corrected chi connectivity index (χ3v) is 4.65. The summed E-state index contributed by atoms with van der Waals surface area (Å²) in [5.74, 6) is 0. The molecule has 0 bridgehead atoms. The molecule has 0 aliphatic carbocycles. The first-order chi connectivity index (χ1) is 8.58. The first-order valence-corrected chi connectivity index (χ1v) is 7.88. The molecule has 0 saturated carbocycles. The normalized spacial score (nSPS) is 12.4. The molecule has 4 heteroatoms. The summed E-state index contributed by atoms with van der Waals surface area (Å²) in [6.45, 7) is 2.07. The predicted molar refractivity (Wildman–Crippen MR) is 88.1 cm³/mol. The molecule has 0 aliphatic heterocycles. The lowest BCUT2D eigenvalue weighted by molar-refractivity contribution is 0.865. The molecular weight excluding hydrogens is 424 g/mol. The Hall–Kier alpha value is -0.130. The Morgan fingerprint density at radius 1 is 1.39 bits per heavy atom. The van der Waals surface area contributed by atoms with Gasteiger partial charge in [-0.1, -0.05) is 22.0 Å². The molecule has 0 fully saturated rings. The Labute approximate surface area is 134 Å². The summed E-state index contributed by atoms with van der Waals surface area (Å²) in [6.07, 6.45) is 2.57. The fourth-order valence-corrected chi connectivity index (χ4v) is 3.37. The summed E-state index contributed by atoms with van der Waals surface area (Å²) in [5, 5.41) is -0.0528. The van der Waals surface area contributed by atoms with Gasteiger partial charge in [0.25, 0.3) is 0 Å². The van der Waals surface area contributed by atoms with Gasteiger partial charge in [0.05, 0.1) is 5.38 Å². The average molecular weight is 437 g/mol. The number of hydrogen-bond acceptors (Lipinski definition) is 1. The van der Waals surface area contributed by atoms with Crippen molar-refractivity contribution >= 4 is 50.1 Å². The molecule has 1 heterocycles. The van der Waals surface area contributed by atoms with Gasteiger partial charge >= 0.3 is 0 Å². The lowest BCUT2D eigenvalue weighted by Gasteiger charge is -2.13. The fourth-order valence-electron chi connectivity index (χ4n) is 1.77. The van der Waals surface area contributed by atoms with Gasteiger partial charge in [0.1, 0.15) is 0 Å². The molecule has 1 unspecified atom stereocenters. The van der Waals surface area contributed by atoms with Gasteiger partial charge in [-0.15, -0.1) is 11.6 Å². The zero-order chi connectivity index (χ0) is 13.1. The highest BCUT2D eigenvalue weighted by atomic mass is 127.